The lowest BCUT2D eigenvalue weighted by molar-refractivity contribution is -0.134. The quantitative estimate of drug-likeness (QED) is 0.307. The van der Waals surface area contributed by atoms with Crippen LogP contribution in [0, 0.1) is 0 Å². The molecule has 2 unspecified atom stereocenters. The Labute approximate surface area is 254 Å². The van der Waals surface area contributed by atoms with Crippen LogP contribution in [-0.4, -0.2) is 90.0 Å². The molecule has 2 aromatic rings. The summed E-state index contributed by atoms with van der Waals surface area (Å²) in [5, 5.41) is 19.2. The summed E-state index contributed by atoms with van der Waals surface area (Å²) < 4.78 is 11.9. The minimum absolute atomic E-state index is 0.0141. The fourth-order valence-corrected chi connectivity index (χ4v) is 5.51. The van der Waals surface area contributed by atoms with Gasteiger partial charge in [-0.3, -0.25) is 24.5 Å². The average Bonchev–Trinajstić information content (AvgIpc) is 3.34. The molecule has 43 heavy (non-hydrogen) atoms. The number of nitrogens with one attached hydrogen (secondary N) is 1. The van der Waals surface area contributed by atoms with Gasteiger partial charge in [0.2, 0.25) is 5.91 Å². The normalized spacial score (nSPS) is 19.4. The molecule has 2 aliphatic heterocycles. The second-order valence-corrected chi connectivity index (χ2v) is 10.9. The van der Waals surface area contributed by atoms with Crippen LogP contribution in [0.2, 0.25) is 0 Å². The van der Waals surface area contributed by atoms with Crippen molar-refractivity contribution in [1.29, 1.82) is 0 Å². The molecule has 0 saturated heterocycles. The molecule has 0 bridgehead atoms. The molecule has 0 aliphatic carbocycles. The molecule has 0 spiro atoms. The van der Waals surface area contributed by atoms with Crippen molar-refractivity contribution in [1.82, 2.24) is 15.2 Å². The standard InChI is InChI=1S/C33H45N5O5/c1-5-11-26-30-31(37(4)36-26)33(41)38(29(7-3)35-30)18-20-42-25-16-14-23(15-17-25)21-28(43-19-6-2)32(40)34-27(22-39)24-12-9-8-10-13-24/h8-10,12-17,27-28,30-31,39H,5-7,11,18-22H2,1-4H3,(H,34,40)/t27-,28-,30?,31?/m1/s1. The lowest BCUT2D eigenvalue weighted by atomic mass is 9.98. The molecule has 2 heterocycles. The Hall–Kier alpha value is -3.76. The third kappa shape index (κ3) is 8.00. The van der Waals surface area contributed by atoms with Gasteiger partial charge in [0.15, 0.2) is 6.04 Å². The van der Waals surface area contributed by atoms with Crippen molar-refractivity contribution in [3.8, 4) is 5.75 Å². The molecule has 4 rings (SSSR count). The number of carbonyl (C=O) groups excluding carboxylic acids is 2. The summed E-state index contributed by atoms with van der Waals surface area (Å²) in [5.41, 5.74) is 2.74. The van der Waals surface area contributed by atoms with E-state index in [2.05, 4.69) is 17.3 Å². The predicted molar refractivity (Wildman–Crippen MR) is 167 cm³/mol. The Bertz CT molecular complexity index is 1270. The maximum absolute atomic E-state index is 13.4. The third-order valence-electron chi connectivity index (χ3n) is 7.71. The maximum atomic E-state index is 13.4. The summed E-state index contributed by atoms with van der Waals surface area (Å²) in [5.74, 6) is 1.20. The second-order valence-electron chi connectivity index (χ2n) is 10.9. The number of nitrogens with zero attached hydrogens (tertiary/aromatic N) is 4. The van der Waals surface area contributed by atoms with Crippen LogP contribution in [-0.2, 0) is 20.7 Å². The van der Waals surface area contributed by atoms with Gasteiger partial charge in [-0.15, -0.1) is 0 Å². The SMILES string of the molecule is CCCO[C@H](Cc1ccc(OCCN2C(=O)C3C(N=C2CC)C(CCC)=NN3C)cc1)C(=O)N[C@H](CO)c1ccccc1. The van der Waals surface area contributed by atoms with E-state index >= 15 is 0 Å². The number of amidine groups is 1. The molecule has 2 aliphatic rings. The second kappa shape index (κ2) is 15.6. The first-order chi connectivity index (χ1) is 20.9. The van der Waals surface area contributed by atoms with Crippen LogP contribution in [0.4, 0.5) is 0 Å². The molecule has 2 N–H and O–H groups in total. The van der Waals surface area contributed by atoms with E-state index < -0.39 is 18.2 Å². The summed E-state index contributed by atoms with van der Waals surface area (Å²) in [4.78, 5) is 33.2. The van der Waals surface area contributed by atoms with Crippen LogP contribution < -0.4 is 10.1 Å². The molecule has 0 fully saturated rings. The van der Waals surface area contributed by atoms with Gasteiger partial charge in [-0.25, -0.2) is 0 Å². The minimum Gasteiger partial charge on any atom is -0.492 e. The van der Waals surface area contributed by atoms with Crippen LogP contribution in [0.3, 0.4) is 0 Å². The Balaban J connectivity index is 1.33. The predicted octanol–water partition coefficient (Wildman–Crippen LogP) is 3.74. The Morgan fingerprint density at radius 1 is 1.05 bits per heavy atom. The number of fused-ring (bicyclic) bond motifs is 1. The van der Waals surface area contributed by atoms with E-state index in [4.69, 9.17) is 14.5 Å². The first kappa shape index (κ1) is 32.2. The molecule has 232 valence electrons. The minimum atomic E-state index is -0.694. The number of carbonyl (C=O) groups is 2. The topological polar surface area (TPSA) is 116 Å². The molecule has 4 atom stereocenters. The average molecular weight is 592 g/mol. The molecule has 2 aromatic carbocycles. The van der Waals surface area contributed by atoms with Gasteiger partial charge in [0.1, 0.15) is 30.3 Å². The van der Waals surface area contributed by atoms with Gasteiger partial charge in [-0.05, 0) is 36.1 Å². The van der Waals surface area contributed by atoms with Crippen molar-refractivity contribution < 1.29 is 24.2 Å². The van der Waals surface area contributed by atoms with E-state index in [1.54, 1.807) is 9.91 Å². The Kier molecular flexibility index (Phi) is 11.7. The van der Waals surface area contributed by atoms with Crippen LogP contribution in [0.15, 0.2) is 64.7 Å². The number of ether oxygens (including phenoxy) is 2. The number of aliphatic imine (C=N–C) groups is 1. The summed E-state index contributed by atoms with van der Waals surface area (Å²) in [7, 11) is 1.84. The van der Waals surface area contributed by atoms with Gasteiger partial charge in [0.25, 0.3) is 5.91 Å². The van der Waals surface area contributed by atoms with Gasteiger partial charge in [0, 0.05) is 26.5 Å². The van der Waals surface area contributed by atoms with E-state index in [1.165, 1.54) is 0 Å². The van der Waals surface area contributed by atoms with Gasteiger partial charge in [0.05, 0.1) is 24.9 Å². The third-order valence-corrected chi connectivity index (χ3v) is 7.71. The molecule has 10 nitrogen and oxygen atoms in total. The van der Waals surface area contributed by atoms with E-state index in [9.17, 15) is 14.7 Å². The number of amides is 2. The fraction of sp³-hybridized carbons (Fsp3) is 0.515. The van der Waals surface area contributed by atoms with Crippen LogP contribution >= 0.6 is 0 Å². The molecule has 0 radical (unpaired) electrons. The van der Waals surface area contributed by atoms with E-state index in [1.807, 2.05) is 75.5 Å². The van der Waals surface area contributed by atoms with Crippen molar-refractivity contribution >= 4 is 23.4 Å². The van der Waals surface area contributed by atoms with Crippen molar-refractivity contribution in [3.63, 3.8) is 0 Å². The van der Waals surface area contributed by atoms with Crippen molar-refractivity contribution in [2.75, 3.05) is 33.4 Å². The number of rotatable bonds is 16. The summed E-state index contributed by atoms with van der Waals surface area (Å²) in [6, 6.07) is 15.9. The highest BCUT2D eigenvalue weighted by atomic mass is 16.5. The number of likely N-dealkylation sites (N-methyl/N-ethyl adjacent to an activating group) is 1. The van der Waals surface area contributed by atoms with E-state index in [-0.39, 0.29) is 24.5 Å². The number of benzene rings is 2. The maximum Gasteiger partial charge on any atom is 0.255 e. The largest absolute Gasteiger partial charge is 0.492 e. The monoisotopic (exact) mass is 591 g/mol. The van der Waals surface area contributed by atoms with Gasteiger partial charge < -0.3 is 19.9 Å². The highest BCUT2D eigenvalue weighted by molar-refractivity contribution is 6.09. The highest BCUT2D eigenvalue weighted by Gasteiger charge is 2.46. The van der Waals surface area contributed by atoms with Crippen LogP contribution in [0.1, 0.15) is 63.6 Å². The van der Waals surface area contributed by atoms with Crippen molar-refractivity contribution in [2.45, 2.75) is 77.1 Å². The lowest BCUT2D eigenvalue weighted by Gasteiger charge is -2.35. The molecule has 10 heteroatoms. The Morgan fingerprint density at radius 2 is 1.79 bits per heavy atom. The van der Waals surface area contributed by atoms with Gasteiger partial charge in [-0.1, -0.05) is 69.7 Å². The zero-order valence-corrected chi connectivity index (χ0v) is 25.7. The number of hydrazone groups is 1. The molecule has 0 aromatic heterocycles. The summed E-state index contributed by atoms with van der Waals surface area (Å²) in [6.45, 7) is 7.08. The van der Waals surface area contributed by atoms with E-state index in [0.29, 0.717) is 38.3 Å². The van der Waals surface area contributed by atoms with Crippen molar-refractivity contribution in [2.24, 2.45) is 10.1 Å². The molecular weight excluding hydrogens is 546 g/mol. The first-order valence-electron chi connectivity index (χ1n) is 15.4. The lowest BCUT2D eigenvalue weighted by Crippen LogP contribution is -2.56. The van der Waals surface area contributed by atoms with Gasteiger partial charge in [-0.2, -0.15) is 5.10 Å². The first-order valence-corrected chi connectivity index (χ1v) is 15.4. The van der Waals surface area contributed by atoms with Crippen LogP contribution in [0.5, 0.6) is 5.75 Å². The summed E-state index contributed by atoms with van der Waals surface area (Å²) in [6.07, 6.45) is 2.94. The molecule has 0 saturated carbocycles. The zero-order chi connectivity index (χ0) is 30.8. The van der Waals surface area contributed by atoms with Gasteiger partial charge >= 0.3 is 0 Å². The summed E-state index contributed by atoms with van der Waals surface area (Å²) >= 11 is 0. The highest BCUT2D eigenvalue weighted by Crippen LogP contribution is 2.27. The zero-order valence-electron chi connectivity index (χ0n) is 25.7. The number of hydrogen-bond acceptors (Lipinski definition) is 8. The molecular formula is C33H45N5O5. The number of aliphatic hydroxyl groups excluding tert-OH is 1. The van der Waals surface area contributed by atoms with Crippen molar-refractivity contribution in [3.05, 3.63) is 65.7 Å². The number of aliphatic hydroxyl groups is 1. The fourth-order valence-electron chi connectivity index (χ4n) is 5.51. The van der Waals surface area contributed by atoms with Crippen LogP contribution in [0.25, 0.3) is 0 Å². The van der Waals surface area contributed by atoms with E-state index in [0.717, 1.165) is 41.9 Å². The molecule has 2 amide bonds. The Morgan fingerprint density at radius 3 is 2.44 bits per heavy atom. The smallest absolute Gasteiger partial charge is 0.255 e. The number of hydrogen-bond donors (Lipinski definition) is 2.